The summed E-state index contributed by atoms with van der Waals surface area (Å²) in [5, 5.41) is 0. The zero-order valence-corrected chi connectivity index (χ0v) is 16.5. The molecule has 3 aromatic rings. The molecule has 28 heavy (non-hydrogen) atoms. The van der Waals surface area contributed by atoms with E-state index in [1.165, 1.54) is 11.6 Å². The second kappa shape index (κ2) is 7.74. The highest BCUT2D eigenvalue weighted by Crippen LogP contribution is 2.29. The fourth-order valence-corrected chi connectivity index (χ4v) is 4.26. The standard InChI is InChI=1S/C23H26FN3O/c1-3-4-17-5-7-18(8-6-17)23(28)26-13-11-20(12-14-26)27-16(2)25-21-10-9-19(24)15-22(21)27/h5-10,15,20H,3-4,11-14H2,1-2H3. The van der Waals surface area contributed by atoms with Crippen molar-refractivity contribution in [2.45, 2.75) is 45.6 Å². The van der Waals surface area contributed by atoms with Gasteiger partial charge in [0.2, 0.25) is 0 Å². The zero-order valence-electron chi connectivity index (χ0n) is 16.5. The SMILES string of the molecule is CCCc1ccc(C(=O)N2CCC(n3c(C)nc4ccc(F)cc43)CC2)cc1. The Kier molecular flexibility index (Phi) is 5.16. The van der Waals surface area contributed by atoms with Gasteiger partial charge in [0.1, 0.15) is 11.6 Å². The third-order valence-corrected chi connectivity index (χ3v) is 5.68. The van der Waals surface area contributed by atoms with Crippen molar-refractivity contribution < 1.29 is 9.18 Å². The quantitative estimate of drug-likeness (QED) is 0.646. The summed E-state index contributed by atoms with van der Waals surface area (Å²) in [5.41, 5.74) is 3.69. The zero-order chi connectivity index (χ0) is 19.7. The van der Waals surface area contributed by atoms with Gasteiger partial charge in [-0.1, -0.05) is 25.5 Å². The predicted octanol–water partition coefficient (Wildman–Crippen LogP) is 4.91. The lowest BCUT2D eigenvalue weighted by Gasteiger charge is -2.33. The van der Waals surface area contributed by atoms with Crippen molar-refractivity contribution in [1.82, 2.24) is 14.5 Å². The van der Waals surface area contributed by atoms with E-state index in [0.717, 1.165) is 48.1 Å². The molecular formula is C23H26FN3O. The number of nitrogens with zero attached hydrogens (tertiary/aromatic N) is 3. The molecule has 1 fully saturated rings. The number of piperidine rings is 1. The molecule has 146 valence electrons. The van der Waals surface area contributed by atoms with Crippen molar-refractivity contribution in [3.8, 4) is 0 Å². The highest BCUT2D eigenvalue weighted by molar-refractivity contribution is 5.94. The lowest BCUT2D eigenvalue weighted by Crippen LogP contribution is -2.39. The Morgan fingerprint density at radius 3 is 2.54 bits per heavy atom. The van der Waals surface area contributed by atoms with Gasteiger partial charge in [0.15, 0.2) is 0 Å². The molecule has 0 atom stereocenters. The number of halogens is 1. The number of benzene rings is 2. The largest absolute Gasteiger partial charge is 0.338 e. The van der Waals surface area contributed by atoms with Crippen LogP contribution in [-0.4, -0.2) is 33.4 Å². The Labute approximate surface area is 165 Å². The molecule has 1 aliphatic rings. The highest BCUT2D eigenvalue weighted by atomic mass is 19.1. The minimum atomic E-state index is -0.243. The summed E-state index contributed by atoms with van der Waals surface area (Å²) < 4.78 is 15.9. The van der Waals surface area contributed by atoms with Crippen LogP contribution in [0, 0.1) is 12.7 Å². The van der Waals surface area contributed by atoms with Crippen LogP contribution in [0.4, 0.5) is 4.39 Å². The van der Waals surface area contributed by atoms with Crippen LogP contribution in [0.25, 0.3) is 11.0 Å². The van der Waals surface area contributed by atoms with E-state index in [4.69, 9.17) is 0 Å². The van der Waals surface area contributed by atoms with Crippen molar-refractivity contribution in [3.05, 3.63) is 65.2 Å². The Bertz CT molecular complexity index is 985. The van der Waals surface area contributed by atoms with Gasteiger partial charge in [-0.05, 0) is 62.1 Å². The van der Waals surface area contributed by atoms with Gasteiger partial charge < -0.3 is 9.47 Å². The molecule has 0 bridgehead atoms. The Morgan fingerprint density at radius 2 is 1.86 bits per heavy atom. The topological polar surface area (TPSA) is 38.1 Å². The molecule has 1 aromatic heterocycles. The summed E-state index contributed by atoms with van der Waals surface area (Å²) >= 11 is 0. The van der Waals surface area contributed by atoms with Gasteiger partial charge in [0, 0.05) is 24.7 Å². The van der Waals surface area contributed by atoms with Crippen molar-refractivity contribution in [3.63, 3.8) is 0 Å². The monoisotopic (exact) mass is 379 g/mol. The second-order valence-electron chi connectivity index (χ2n) is 7.63. The van der Waals surface area contributed by atoms with Crippen molar-refractivity contribution in [2.75, 3.05) is 13.1 Å². The van der Waals surface area contributed by atoms with E-state index >= 15 is 0 Å². The van der Waals surface area contributed by atoms with Crippen LogP contribution in [0.1, 0.15) is 54.0 Å². The first-order valence-electron chi connectivity index (χ1n) is 10.1. The fourth-order valence-electron chi connectivity index (χ4n) is 4.26. The van der Waals surface area contributed by atoms with E-state index < -0.39 is 0 Å². The lowest BCUT2D eigenvalue weighted by molar-refractivity contribution is 0.0695. The minimum absolute atomic E-state index is 0.0970. The number of aromatic nitrogens is 2. The van der Waals surface area contributed by atoms with Crippen LogP contribution in [0.5, 0.6) is 0 Å². The summed E-state index contributed by atoms with van der Waals surface area (Å²) in [6, 6.07) is 13.0. The van der Waals surface area contributed by atoms with E-state index in [2.05, 4.69) is 28.6 Å². The molecule has 0 aliphatic carbocycles. The van der Waals surface area contributed by atoms with Crippen molar-refractivity contribution >= 4 is 16.9 Å². The maximum atomic E-state index is 13.7. The fraction of sp³-hybridized carbons (Fsp3) is 0.391. The summed E-state index contributed by atoms with van der Waals surface area (Å²) in [7, 11) is 0. The number of fused-ring (bicyclic) bond motifs is 1. The third-order valence-electron chi connectivity index (χ3n) is 5.68. The number of likely N-dealkylation sites (tertiary alicyclic amines) is 1. The van der Waals surface area contributed by atoms with Crippen LogP contribution >= 0.6 is 0 Å². The summed E-state index contributed by atoms with van der Waals surface area (Å²) in [4.78, 5) is 19.3. The summed E-state index contributed by atoms with van der Waals surface area (Å²) in [6.45, 7) is 5.53. The number of carbonyl (C=O) groups is 1. The van der Waals surface area contributed by atoms with Crippen molar-refractivity contribution in [1.29, 1.82) is 0 Å². The van der Waals surface area contributed by atoms with Gasteiger partial charge in [-0.2, -0.15) is 0 Å². The third kappa shape index (κ3) is 3.53. The summed E-state index contributed by atoms with van der Waals surface area (Å²) in [5.74, 6) is 0.754. The molecule has 0 radical (unpaired) electrons. The molecule has 4 nitrogen and oxygen atoms in total. The smallest absolute Gasteiger partial charge is 0.253 e. The number of hydrogen-bond acceptors (Lipinski definition) is 2. The Hall–Kier alpha value is -2.69. The number of amides is 1. The second-order valence-corrected chi connectivity index (χ2v) is 7.63. The number of hydrogen-bond donors (Lipinski definition) is 0. The van der Waals surface area contributed by atoms with Crippen LogP contribution in [0.15, 0.2) is 42.5 Å². The number of rotatable bonds is 4. The van der Waals surface area contributed by atoms with Gasteiger partial charge in [0.25, 0.3) is 5.91 Å². The van der Waals surface area contributed by atoms with E-state index in [-0.39, 0.29) is 17.8 Å². The lowest BCUT2D eigenvalue weighted by atomic mass is 10.0. The molecule has 0 unspecified atom stereocenters. The first-order valence-corrected chi connectivity index (χ1v) is 10.1. The maximum Gasteiger partial charge on any atom is 0.253 e. The molecule has 1 saturated heterocycles. The Morgan fingerprint density at radius 1 is 1.14 bits per heavy atom. The number of imidazole rings is 1. The molecule has 0 spiro atoms. The van der Waals surface area contributed by atoms with E-state index in [9.17, 15) is 9.18 Å². The molecule has 1 amide bonds. The molecule has 0 N–H and O–H groups in total. The minimum Gasteiger partial charge on any atom is -0.338 e. The average molecular weight is 379 g/mol. The molecular weight excluding hydrogens is 353 g/mol. The van der Waals surface area contributed by atoms with E-state index in [0.29, 0.717) is 13.1 Å². The normalized spacial score (nSPS) is 15.3. The number of carbonyl (C=O) groups excluding carboxylic acids is 1. The first kappa shape index (κ1) is 18.7. The van der Waals surface area contributed by atoms with Gasteiger partial charge >= 0.3 is 0 Å². The van der Waals surface area contributed by atoms with Crippen molar-refractivity contribution in [2.24, 2.45) is 0 Å². The van der Waals surface area contributed by atoms with Crippen LogP contribution in [0.3, 0.4) is 0 Å². The molecule has 2 heterocycles. The Balaban J connectivity index is 1.47. The van der Waals surface area contributed by atoms with E-state index in [1.54, 1.807) is 12.1 Å². The molecule has 1 aliphatic heterocycles. The van der Waals surface area contributed by atoms with Gasteiger partial charge in [0.05, 0.1) is 11.0 Å². The maximum absolute atomic E-state index is 13.7. The first-order chi connectivity index (χ1) is 13.6. The predicted molar refractivity (Wildman–Crippen MR) is 109 cm³/mol. The van der Waals surface area contributed by atoms with Crippen LogP contribution in [-0.2, 0) is 6.42 Å². The average Bonchev–Trinajstić information content (AvgIpc) is 3.03. The van der Waals surface area contributed by atoms with Crippen LogP contribution in [0.2, 0.25) is 0 Å². The molecule has 2 aromatic carbocycles. The van der Waals surface area contributed by atoms with E-state index in [1.807, 2.05) is 24.0 Å². The van der Waals surface area contributed by atoms with Gasteiger partial charge in [-0.25, -0.2) is 9.37 Å². The summed E-state index contributed by atoms with van der Waals surface area (Å²) in [6.07, 6.45) is 3.84. The van der Waals surface area contributed by atoms with Crippen LogP contribution < -0.4 is 0 Å². The van der Waals surface area contributed by atoms with Gasteiger partial charge in [-0.3, -0.25) is 4.79 Å². The number of aryl methyl sites for hydroxylation is 2. The molecule has 4 rings (SSSR count). The van der Waals surface area contributed by atoms with Gasteiger partial charge in [-0.15, -0.1) is 0 Å². The molecule has 5 heteroatoms. The molecule has 0 saturated carbocycles. The highest BCUT2D eigenvalue weighted by Gasteiger charge is 2.26.